The molecule has 2 aromatic heterocycles. The van der Waals surface area contributed by atoms with Gasteiger partial charge in [0.25, 0.3) is 0 Å². The van der Waals surface area contributed by atoms with Gasteiger partial charge in [-0.15, -0.1) is 0 Å². The Labute approximate surface area is 186 Å². The number of anilines is 1. The second-order valence-electron chi connectivity index (χ2n) is 8.40. The molecular formula is C27H23N5. The number of nitrogens with one attached hydrogen (secondary N) is 2. The molecule has 3 aromatic carbocycles. The number of H-pyrrole nitrogens is 1. The van der Waals surface area contributed by atoms with E-state index in [4.69, 9.17) is 4.98 Å². The smallest absolute Gasteiger partial charge is 0.157 e. The van der Waals surface area contributed by atoms with Crippen molar-refractivity contribution in [2.75, 3.05) is 5.32 Å². The van der Waals surface area contributed by atoms with Gasteiger partial charge in [0, 0.05) is 33.9 Å². The maximum Gasteiger partial charge on any atom is 0.157 e. The normalized spacial score (nSPS) is 13.4. The highest BCUT2D eigenvalue weighted by atomic mass is 15.2. The van der Waals surface area contributed by atoms with Crippen molar-refractivity contribution in [3.05, 3.63) is 95.9 Å². The molecule has 0 spiro atoms. The Morgan fingerprint density at radius 1 is 0.875 bits per heavy atom. The Kier molecular flexibility index (Phi) is 4.46. The van der Waals surface area contributed by atoms with Gasteiger partial charge in [-0.3, -0.25) is 10.1 Å². The second kappa shape index (κ2) is 7.61. The Bertz CT molecular complexity index is 1380. The van der Waals surface area contributed by atoms with Gasteiger partial charge in [-0.1, -0.05) is 54.6 Å². The molecule has 2 N–H and O–H groups in total. The third-order valence-electron chi connectivity index (χ3n) is 6.30. The molecule has 5 nitrogen and oxygen atoms in total. The molecule has 6 rings (SSSR count). The first-order chi connectivity index (χ1) is 15.8. The van der Waals surface area contributed by atoms with Crippen LogP contribution in [-0.2, 0) is 12.8 Å². The van der Waals surface area contributed by atoms with Crippen molar-refractivity contribution in [1.29, 1.82) is 0 Å². The molecular weight excluding hydrogens is 394 g/mol. The number of hydrogen-bond acceptors (Lipinski definition) is 4. The molecule has 0 unspecified atom stereocenters. The average molecular weight is 418 g/mol. The fourth-order valence-electron chi connectivity index (χ4n) is 4.89. The van der Waals surface area contributed by atoms with Crippen LogP contribution in [0, 0.1) is 6.92 Å². The summed E-state index contributed by atoms with van der Waals surface area (Å²) in [5.41, 5.74) is 9.17. The lowest BCUT2D eigenvalue weighted by atomic mass is 9.93. The Hall–Kier alpha value is -3.99. The molecule has 0 bridgehead atoms. The standard InChI is InChI=1S/C27H23N5/c1-17-25(27-28-16-29-32-27)26(18-7-3-2-4-8-18)23-15-21(11-12-24(23)30-17)31-22-13-19-9-5-6-10-20(19)14-22/h2-12,15-16,22,31H,13-14H2,1H3,(H,28,29,32). The number of aromatic amines is 1. The van der Waals surface area contributed by atoms with E-state index in [1.165, 1.54) is 11.1 Å². The number of hydrogen-bond donors (Lipinski definition) is 2. The topological polar surface area (TPSA) is 66.5 Å². The third-order valence-corrected chi connectivity index (χ3v) is 6.30. The summed E-state index contributed by atoms with van der Waals surface area (Å²) in [5.74, 6) is 0.736. The molecule has 0 fully saturated rings. The fourth-order valence-corrected chi connectivity index (χ4v) is 4.89. The van der Waals surface area contributed by atoms with Crippen LogP contribution in [0.5, 0.6) is 0 Å². The number of aryl methyl sites for hydroxylation is 1. The van der Waals surface area contributed by atoms with Crippen LogP contribution in [0.15, 0.2) is 79.1 Å². The average Bonchev–Trinajstić information content (AvgIpc) is 3.48. The van der Waals surface area contributed by atoms with E-state index in [2.05, 4.69) is 87.2 Å². The summed E-state index contributed by atoms with van der Waals surface area (Å²) in [4.78, 5) is 9.35. The molecule has 156 valence electrons. The summed E-state index contributed by atoms with van der Waals surface area (Å²) in [7, 11) is 0. The van der Waals surface area contributed by atoms with Crippen LogP contribution >= 0.6 is 0 Å². The number of benzene rings is 3. The van der Waals surface area contributed by atoms with Crippen molar-refractivity contribution in [1.82, 2.24) is 20.2 Å². The van der Waals surface area contributed by atoms with Gasteiger partial charge in [-0.05, 0) is 54.7 Å². The first kappa shape index (κ1) is 18.8. The SMILES string of the molecule is Cc1nc2ccc(NC3Cc4ccccc4C3)cc2c(-c2ccccc2)c1-c1ncn[nH]1. The van der Waals surface area contributed by atoms with Gasteiger partial charge in [0.15, 0.2) is 5.82 Å². The van der Waals surface area contributed by atoms with Crippen LogP contribution < -0.4 is 5.32 Å². The summed E-state index contributed by atoms with van der Waals surface area (Å²) < 4.78 is 0. The molecule has 0 atom stereocenters. The largest absolute Gasteiger partial charge is 0.382 e. The molecule has 0 saturated heterocycles. The highest BCUT2D eigenvalue weighted by Gasteiger charge is 2.22. The molecule has 0 amide bonds. The number of pyridine rings is 1. The Balaban J connectivity index is 1.48. The van der Waals surface area contributed by atoms with Gasteiger partial charge in [0.2, 0.25) is 0 Å². The van der Waals surface area contributed by atoms with E-state index in [-0.39, 0.29) is 0 Å². The Morgan fingerprint density at radius 2 is 1.62 bits per heavy atom. The summed E-state index contributed by atoms with van der Waals surface area (Å²) in [6.07, 6.45) is 3.65. The van der Waals surface area contributed by atoms with Crippen LogP contribution in [-0.4, -0.2) is 26.2 Å². The van der Waals surface area contributed by atoms with Gasteiger partial charge >= 0.3 is 0 Å². The lowest BCUT2D eigenvalue weighted by molar-refractivity contribution is 0.774. The van der Waals surface area contributed by atoms with Gasteiger partial charge in [-0.2, -0.15) is 5.10 Å². The van der Waals surface area contributed by atoms with E-state index in [1.807, 2.05) is 13.0 Å². The quantitative estimate of drug-likeness (QED) is 0.401. The highest BCUT2D eigenvalue weighted by molar-refractivity contribution is 6.03. The van der Waals surface area contributed by atoms with Crippen molar-refractivity contribution in [3.8, 4) is 22.5 Å². The van der Waals surface area contributed by atoms with Crippen molar-refractivity contribution in [2.24, 2.45) is 0 Å². The van der Waals surface area contributed by atoms with Crippen LogP contribution in [0.1, 0.15) is 16.8 Å². The number of nitrogens with zero attached hydrogens (tertiary/aromatic N) is 3. The van der Waals surface area contributed by atoms with Crippen molar-refractivity contribution in [3.63, 3.8) is 0 Å². The fraction of sp³-hybridized carbons (Fsp3) is 0.148. The van der Waals surface area contributed by atoms with Crippen molar-refractivity contribution >= 4 is 16.6 Å². The number of fused-ring (bicyclic) bond motifs is 2. The van der Waals surface area contributed by atoms with Gasteiger partial charge in [-0.25, -0.2) is 4.98 Å². The zero-order valence-corrected chi connectivity index (χ0v) is 17.8. The molecule has 0 radical (unpaired) electrons. The molecule has 1 aliphatic carbocycles. The molecule has 2 heterocycles. The monoisotopic (exact) mass is 417 g/mol. The van der Waals surface area contributed by atoms with E-state index < -0.39 is 0 Å². The van der Waals surface area contributed by atoms with Crippen molar-refractivity contribution in [2.45, 2.75) is 25.8 Å². The Morgan fingerprint density at radius 3 is 2.34 bits per heavy atom. The van der Waals surface area contributed by atoms with Crippen molar-refractivity contribution < 1.29 is 0 Å². The maximum atomic E-state index is 4.91. The lowest BCUT2D eigenvalue weighted by Gasteiger charge is -2.18. The first-order valence-corrected chi connectivity index (χ1v) is 10.9. The zero-order chi connectivity index (χ0) is 21.5. The predicted molar refractivity (Wildman–Crippen MR) is 129 cm³/mol. The van der Waals surface area contributed by atoms with E-state index in [0.717, 1.165) is 57.6 Å². The summed E-state index contributed by atoms with van der Waals surface area (Å²) >= 11 is 0. The molecule has 32 heavy (non-hydrogen) atoms. The highest BCUT2D eigenvalue weighted by Crippen LogP contribution is 2.39. The van der Waals surface area contributed by atoms with Gasteiger partial charge in [0.05, 0.1) is 5.52 Å². The second-order valence-corrected chi connectivity index (χ2v) is 8.40. The lowest BCUT2D eigenvalue weighted by Crippen LogP contribution is -2.19. The van der Waals surface area contributed by atoms with Crippen LogP contribution in [0.4, 0.5) is 5.69 Å². The predicted octanol–water partition coefficient (Wildman–Crippen LogP) is 5.57. The minimum absolute atomic E-state index is 0.400. The minimum atomic E-state index is 0.400. The van der Waals surface area contributed by atoms with Crippen LogP contribution in [0.2, 0.25) is 0 Å². The zero-order valence-electron chi connectivity index (χ0n) is 17.8. The first-order valence-electron chi connectivity index (χ1n) is 10.9. The summed E-state index contributed by atoms with van der Waals surface area (Å²) in [5, 5.41) is 12.0. The van der Waals surface area contributed by atoms with E-state index in [9.17, 15) is 0 Å². The van der Waals surface area contributed by atoms with E-state index in [1.54, 1.807) is 6.33 Å². The molecule has 1 aliphatic rings. The number of aromatic nitrogens is 4. The summed E-state index contributed by atoms with van der Waals surface area (Å²) in [6.45, 7) is 2.03. The van der Waals surface area contributed by atoms with Gasteiger partial charge < -0.3 is 5.32 Å². The molecule has 5 heteroatoms. The molecule has 5 aromatic rings. The molecule has 0 saturated carbocycles. The van der Waals surface area contributed by atoms with E-state index in [0.29, 0.717) is 6.04 Å². The van der Waals surface area contributed by atoms with Gasteiger partial charge in [0.1, 0.15) is 6.33 Å². The minimum Gasteiger partial charge on any atom is -0.382 e. The third kappa shape index (κ3) is 3.23. The van der Waals surface area contributed by atoms with Crippen LogP contribution in [0.3, 0.4) is 0 Å². The number of rotatable bonds is 4. The van der Waals surface area contributed by atoms with E-state index >= 15 is 0 Å². The van der Waals surface area contributed by atoms with Crippen LogP contribution in [0.25, 0.3) is 33.4 Å². The maximum absolute atomic E-state index is 4.91. The molecule has 0 aliphatic heterocycles. The summed E-state index contributed by atoms with van der Waals surface area (Å²) in [6, 6.07) is 26.1.